The third-order valence-corrected chi connectivity index (χ3v) is 9.43. The van der Waals surface area contributed by atoms with Gasteiger partial charge in [0.15, 0.2) is 10.9 Å². The number of hydrogen-bond acceptors (Lipinski definition) is 6. The lowest BCUT2D eigenvalue weighted by molar-refractivity contribution is -0.136. The van der Waals surface area contributed by atoms with Crippen molar-refractivity contribution in [1.29, 1.82) is 0 Å². The Morgan fingerprint density at radius 2 is 1.92 bits per heavy atom. The number of benzene rings is 2. The van der Waals surface area contributed by atoms with Gasteiger partial charge in [-0.2, -0.15) is 0 Å². The predicted molar refractivity (Wildman–Crippen MR) is 156 cm³/mol. The Morgan fingerprint density at radius 3 is 2.62 bits per heavy atom. The van der Waals surface area contributed by atoms with E-state index in [0.717, 1.165) is 41.4 Å². The highest BCUT2D eigenvalue weighted by molar-refractivity contribution is 7.15. The summed E-state index contributed by atoms with van der Waals surface area (Å²) in [4.78, 5) is 23.2. The number of amides is 1. The second kappa shape index (κ2) is 12.4. The first-order valence-corrected chi connectivity index (χ1v) is 15.0. The van der Waals surface area contributed by atoms with Crippen LogP contribution >= 0.6 is 57.7 Å². The van der Waals surface area contributed by atoms with Crippen LogP contribution in [0.15, 0.2) is 36.5 Å². The second-order valence-corrected chi connectivity index (χ2v) is 12.5. The van der Waals surface area contributed by atoms with E-state index in [2.05, 4.69) is 9.88 Å². The van der Waals surface area contributed by atoms with E-state index in [1.165, 1.54) is 12.1 Å². The van der Waals surface area contributed by atoms with Gasteiger partial charge in [0.2, 0.25) is 5.91 Å². The topological polar surface area (TPSA) is 71.7 Å². The van der Waals surface area contributed by atoms with Crippen molar-refractivity contribution in [3.8, 4) is 5.75 Å². The zero-order chi connectivity index (χ0) is 27.7. The van der Waals surface area contributed by atoms with Crippen LogP contribution in [-0.4, -0.2) is 47.6 Å². The molecular weight excluding hydrogens is 605 g/mol. The average Bonchev–Trinajstić information content (AvgIpc) is 3.44. The zero-order valence-corrected chi connectivity index (χ0v) is 24.7. The van der Waals surface area contributed by atoms with Crippen LogP contribution in [0, 0.1) is 11.7 Å². The van der Waals surface area contributed by atoms with Gasteiger partial charge in [0.1, 0.15) is 11.9 Å². The van der Waals surface area contributed by atoms with Crippen molar-refractivity contribution in [3.05, 3.63) is 72.9 Å². The average molecular weight is 632 g/mol. The summed E-state index contributed by atoms with van der Waals surface area (Å²) in [6, 6.07) is 8.05. The molecule has 0 spiro atoms. The van der Waals surface area contributed by atoms with Gasteiger partial charge < -0.3 is 20.3 Å². The van der Waals surface area contributed by atoms with Gasteiger partial charge in [0, 0.05) is 43.2 Å². The first-order valence-electron chi connectivity index (χ1n) is 12.7. The first kappa shape index (κ1) is 28.7. The summed E-state index contributed by atoms with van der Waals surface area (Å²) in [5.74, 6) is -0.568. The largest absolute Gasteiger partial charge is 0.485 e. The summed E-state index contributed by atoms with van der Waals surface area (Å²) < 4.78 is 19.5. The van der Waals surface area contributed by atoms with Gasteiger partial charge in [-0.05, 0) is 43.0 Å². The van der Waals surface area contributed by atoms with E-state index < -0.39 is 5.82 Å². The van der Waals surface area contributed by atoms with Crippen molar-refractivity contribution in [1.82, 2.24) is 9.88 Å². The van der Waals surface area contributed by atoms with Crippen molar-refractivity contribution < 1.29 is 13.9 Å². The minimum atomic E-state index is -0.511. The van der Waals surface area contributed by atoms with Crippen LogP contribution in [0.4, 0.5) is 9.52 Å². The zero-order valence-electron chi connectivity index (χ0n) is 20.9. The molecule has 208 valence electrons. The number of hydrogen-bond donors (Lipinski definition) is 1. The number of halogens is 5. The number of nitrogens with two attached hydrogens (primary N) is 1. The van der Waals surface area contributed by atoms with Crippen LogP contribution in [0.3, 0.4) is 0 Å². The summed E-state index contributed by atoms with van der Waals surface area (Å²) in [5.41, 5.74) is 6.93. The van der Waals surface area contributed by atoms with Crippen LogP contribution in [0.25, 0.3) is 0 Å². The molecule has 1 saturated carbocycles. The molecule has 1 amide bonds. The minimum absolute atomic E-state index is 0.0219. The number of carbonyl (C=O) groups excluding carboxylic acids is 1. The summed E-state index contributed by atoms with van der Waals surface area (Å²) >= 11 is 26.4. The quantitative estimate of drug-likeness (QED) is 0.265. The fourth-order valence-electron chi connectivity index (χ4n) is 4.72. The molecule has 0 radical (unpaired) electrons. The summed E-state index contributed by atoms with van der Waals surface area (Å²) in [6.07, 6.45) is 4.84. The smallest absolute Gasteiger partial charge is 0.227 e. The van der Waals surface area contributed by atoms with Crippen molar-refractivity contribution in [2.24, 2.45) is 11.7 Å². The van der Waals surface area contributed by atoms with Gasteiger partial charge >= 0.3 is 0 Å². The molecule has 39 heavy (non-hydrogen) atoms. The molecule has 12 heteroatoms. The minimum Gasteiger partial charge on any atom is -0.485 e. The maximum absolute atomic E-state index is 13.6. The molecule has 1 saturated heterocycles. The van der Waals surface area contributed by atoms with E-state index >= 15 is 0 Å². The molecule has 6 nitrogen and oxygen atoms in total. The summed E-state index contributed by atoms with van der Waals surface area (Å²) in [5, 5.41) is 2.09. The molecule has 2 aromatic carbocycles. The lowest BCUT2D eigenvalue weighted by Gasteiger charge is -2.27. The molecule has 2 atom stereocenters. The number of thiazole rings is 1. The van der Waals surface area contributed by atoms with E-state index in [1.54, 1.807) is 17.4 Å². The maximum atomic E-state index is 13.6. The van der Waals surface area contributed by atoms with E-state index in [0.29, 0.717) is 29.6 Å². The Bertz CT molecular complexity index is 1330. The van der Waals surface area contributed by atoms with Gasteiger partial charge in [-0.1, -0.05) is 58.5 Å². The Kier molecular flexibility index (Phi) is 9.11. The Morgan fingerprint density at radius 1 is 1.18 bits per heavy atom. The standard InChI is InChI=1S/C27H27Cl4FN4O2S/c28-21-3-1-2-15(24(21)31)13-36(18-4-5-18)26(37)16(11-33)8-20-12-34-27(39-20)35-7-6-19(14-35)38-25-22(29)9-17(32)10-23(25)30/h1-3,9-10,12,16,18-19H,4-8,11,13-14,33H2. The molecule has 2 aliphatic rings. The van der Waals surface area contributed by atoms with E-state index in [-0.39, 0.29) is 46.3 Å². The Labute approximate surface area is 250 Å². The highest BCUT2D eigenvalue weighted by Gasteiger charge is 2.36. The highest BCUT2D eigenvalue weighted by Crippen LogP contribution is 2.37. The predicted octanol–water partition coefficient (Wildman–Crippen LogP) is 6.86. The molecule has 1 aromatic heterocycles. The highest BCUT2D eigenvalue weighted by atomic mass is 35.5. The maximum Gasteiger partial charge on any atom is 0.227 e. The van der Waals surface area contributed by atoms with Crippen LogP contribution in [-0.2, 0) is 17.8 Å². The Hall–Kier alpha value is -1.81. The third-order valence-electron chi connectivity index (χ3n) is 6.93. The van der Waals surface area contributed by atoms with Crippen LogP contribution in [0.1, 0.15) is 29.7 Å². The molecule has 2 N–H and O–H groups in total. The van der Waals surface area contributed by atoms with Gasteiger partial charge in [-0.25, -0.2) is 9.37 Å². The Balaban J connectivity index is 1.22. The van der Waals surface area contributed by atoms with Crippen molar-refractivity contribution in [3.63, 3.8) is 0 Å². The lowest BCUT2D eigenvalue weighted by atomic mass is 10.0. The number of ether oxygens (including phenoxy) is 1. The molecule has 5 rings (SSSR count). The van der Waals surface area contributed by atoms with Crippen LogP contribution in [0.2, 0.25) is 20.1 Å². The third kappa shape index (κ3) is 6.75. The molecular formula is C27H27Cl4FN4O2S. The molecule has 1 aliphatic carbocycles. The molecule has 3 aromatic rings. The second-order valence-electron chi connectivity index (χ2n) is 9.83. The normalized spacial score (nSPS) is 17.9. The number of carbonyl (C=O) groups is 1. The van der Waals surface area contributed by atoms with E-state index in [1.807, 2.05) is 23.2 Å². The first-order chi connectivity index (χ1) is 18.7. The van der Waals surface area contributed by atoms with Gasteiger partial charge in [-0.15, -0.1) is 11.3 Å². The van der Waals surface area contributed by atoms with Crippen molar-refractivity contribution >= 4 is 68.8 Å². The molecule has 2 unspecified atom stereocenters. The number of nitrogens with zero attached hydrogens (tertiary/aromatic N) is 3. The van der Waals surface area contributed by atoms with Gasteiger partial charge in [0.25, 0.3) is 0 Å². The fourth-order valence-corrected chi connectivity index (χ4v) is 6.67. The number of anilines is 1. The van der Waals surface area contributed by atoms with Crippen molar-refractivity contribution in [2.45, 2.75) is 44.4 Å². The van der Waals surface area contributed by atoms with Crippen LogP contribution < -0.4 is 15.4 Å². The van der Waals surface area contributed by atoms with Crippen LogP contribution in [0.5, 0.6) is 5.75 Å². The summed E-state index contributed by atoms with van der Waals surface area (Å²) in [7, 11) is 0. The molecule has 0 bridgehead atoms. The summed E-state index contributed by atoms with van der Waals surface area (Å²) in [6.45, 7) is 1.97. The number of rotatable bonds is 10. The molecule has 2 heterocycles. The van der Waals surface area contributed by atoms with Gasteiger partial charge in [0.05, 0.1) is 32.6 Å². The van der Waals surface area contributed by atoms with Gasteiger partial charge in [-0.3, -0.25) is 4.79 Å². The SMILES string of the molecule is NCC(Cc1cnc(N2CCC(Oc3c(Cl)cc(F)cc3Cl)C2)s1)C(=O)N(Cc1cccc(Cl)c1Cl)C1CC1. The van der Waals surface area contributed by atoms with Crippen molar-refractivity contribution in [2.75, 3.05) is 24.5 Å². The van der Waals surface area contributed by atoms with E-state index in [9.17, 15) is 9.18 Å². The monoisotopic (exact) mass is 630 g/mol. The lowest BCUT2D eigenvalue weighted by Crippen LogP contribution is -2.41. The molecule has 2 fully saturated rings. The number of aromatic nitrogens is 1. The fraction of sp³-hybridized carbons (Fsp3) is 0.407. The molecule has 1 aliphatic heterocycles. The van der Waals surface area contributed by atoms with E-state index in [4.69, 9.17) is 56.9 Å².